The molecule has 0 saturated carbocycles. The van der Waals surface area contributed by atoms with Gasteiger partial charge in [-0.1, -0.05) is 24.3 Å². The van der Waals surface area contributed by atoms with Crippen LogP contribution in [-0.4, -0.2) is 83.6 Å². The van der Waals surface area contributed by atoms with E-state index in [1.165, 1.54) is 18.2 Å². The Morgan fingerprint density at radius 3 is 2.21 bits per heavy atom. The number of aliphatic hydroxyl groups excluding tert-OH is 4. The number of ether oxygens (including phenoxy) is 2. The molecule has 0 unspecified atom stereocenters. The van der Waals surface area contributed by atoms with E-state index in [0.717, 1.165) is 6.08 Å². The van der Waals surface area contributed by atoms with Crippen LogP contribution in [0.2, 0.25) is 0 Å². The number of esters is 1. The van der Waals surface area contributed by atoms with E-state index >= 15 is 0 Å². The SMILES string of the molecule is NCCO.O=C(/C=C(\O)c1cc2c(o1)C(=O)c1ccccc1C2=O)OCCOC(CO)CO. The molecule has 0 spiro atoms. The van der Waals surface area contributed by atoms with Gasteiger partial charge in [-0.05, 0) is 6.07 Å². The smallest absolute Gasteiger partial charge is 0.334 e. The Morgan fingerprint density at radius 2 is 1.64 bits per heavy atom. The zero-order chi connectivity index (χ0) is 24.4. The zero-order valence-electron chi connectivity index (χ0n) is 17.6. The molecule has 0 amide bonds. The molecule has 0 atom stereocenters. The summed E-state index contributed by atoms with van der Waals surface area (Å²) in [5.74, 6) is -2.86. The Morgan fingerprint density at radius 1 is 1.03 bits per heavy atom. The third-order valence-electron chi connectivity index (χ3n) is 4.32. The number of hydrogen-bond acceptors (Lipinski definition) is 11. The minimum Gasteiger partial charge on any atom is -0.504 e. The van der Waals surface area contributed by atoms with Gasteiger partial charge in [0.2, 0.25) is 5.78 Å². The lowest BCUT2D eigenvalue weighted by molar-refractivity contribution is -0.140. The fourth-order valence-electron chi connectivity index (χ4n) is 2.75. The van der Waals surface area contributed by atoms with E-state index in [4.69, 9.17) is 34.9 Å². The van der Waals surface area contributed by atoms with Crippen molar-refractivity contribution in [1.29, 1.82) is 0 Å². The molecule has 11 heteroatoms. The van der Waals surface area contributed by atoms with Crippen LogP contribution in [0.15, 0.2) is 40.8 Å². The van der Waals surface area contributed by atoms with Gasteiger partial charge in [0, 0.05) is 17.7 Å². The van der Waals surface area contributed by atoms with E-state index in [2.05, 4.69) is 0 Å². The van der Waals surface area contributed by atoms with E-state index < -0.39 is 29.4 Å². The quantitative estimate of drug-likeness (QED) is 0.122. The number of furan rings is 1. The summed E-state index contributed by atoms with van der Waals surface area (Å²) in [6.45, 7) is -0.534. The summed E-state index contributed by atoms with van der Waals surface area (Å²) in [5.41, 5.74) is 5.23. The highest BCUT2D eigenvalue weighted by Crippen LogP contribution is 2.31. The summed E-state index contributed by atoms with van der Waals surface area (Å²) in [5, 5.41) is 35.5. The predicted octanol–water partition coefficient (Wildman–Crippen LogP) is -0.196. The van der Waals surface area contributed by atoms with Crippen molar-refractivity contribution in [3.05, 3.63) is 64.6 Å². The highest BCUT2D eigenvalue weighted by molar-refractivity contribution is 6.27. The lowest BCUT2D eigenvalue weighted by Gasteiger charge is -2.11. The molecule has 1 heterocycles. The van der Waals surface area contributed by atoms with Crippen LogP contribution in [0.3, 0.4) is 0 Å². The van der Waals surface area contributed by atoms with E-state index in [1.807, 2.05) is 0 Å². The number of nitrogens with two attached hydrogens (primary N) is 1. The van der Waals surface area contributed by atoms with E-state index in [-0.39, 0.29) is 61.2 Å². The first kappa shape index (κ1) is 25.9. The number of ketones is 2. The van der Waals surface area contributed by atoms with Gasteiger partial charge in [0.1, 0.15) is 12.7 Å². The molecule has 0 bridgehead atoms. The van der Waals surface area contributed by atoms with Crippen LogP contribution >= 0.6 is 0 Å². The monoisotopic (exact) mass is 463 g/mol. The number of hydrogen-bond donors (Lipinski definition) is 5. The summed E-state index contributed by atoms with van der Waals surface area (Å²) < 4.78 is 15.2. The van der Waals surface area contributed by atoms with Crippen molar-refractivity contribution in [2.75, 3.05) is 39.6 Å². The highest BCUT2D eigenvalue weighted by Gasteiger charge is 2.34. The number of rotatable bonds is 9. The van der Waals surface area contributed by atoms with Gasteiger partial charge in [-0.3, -0.25) is 9.59 Å². The first-order valence-corrected chi connectivity index (χ1v) is 9.92. The van der Waals surface area contributed by atoms with E-state index in [0.29, 0.717) is 6.54 Å². The molecule has 11 nitrogen and oxygen atoms in total. The molecule has 178 valence electrons. The van der Waals surface area contributed by atoms with Crippen LogP contribution in [0, 0.1) is 0 Å². The summed E-state index contributed by atoms with van der Waals surface area (Å²) in [7, 11) is 0. The van der Waals surface area contributed by atoms with Gasteiger partial charge in [-0.25, -0.2) is 4.79 Å². The number of carbonyl (C=O) groups is 3. The zero-order valence-corrected chi connectivity index (χ0v) is 17.6. The van der Waals surface area contributed by atoms with Crippen molar-refractivity contribution < 1.29 is 48.7 Å². The van der Waals surface area contributed by atoms with Gasteiger partial charge in [0.15, 0.2) is 23.1 Å². The van der Waals surface area contributed by atoms with Crippen molar-refractivity contribution in [1.82, 2.24) is 0 Å². The standard InChI is InChI=1S/C20H18O9.C2H7NO/c21-9-11(10-22)27-5-6-28-17(24)8-15(23)16-7-14-18(25)12-3-1-2-4-13(12)19(26)20(14)29-16;3-1-2-4/h1-4,7-8,11,21-23H,5-6,9-10H2;4H,1-3H2/b15-8-;. The molecule has 0 aliphatic heterocycles. The molecule has 2 aromatic rings. The topological polar surface area (TPSA) is 190 Å². The number of aliphatic hydroxyl groups is 4. The van der Waals surface area contributed by atoms with E-state index in [9.17, 15) is 19.5 Å². The number of benzene rings is 1. The summed E-state index contributed by atoms with van der Waals surface area (Å²) in [4.78, 5) is 36.8. The second-order valence-corrected chi connectivity index (χ2v) is 6.62. The molecule has 1 aliphatic rings. The molecule has 0 saturated heterocycles. The minimum atomic E-state index is -0.911. The molecule has 1 aliphatic carbocycles. The molecule has 1 aromatic heterocycles. The van der Waals surface area contributed by atoms with Crippen LogP contribution in [0.1, 0.15) is 37.8 Å². The van der Waals surface area contributed by atoms with Crippen LogP contribution in [0.5, 0.6) is 0 Å². The molecule has 0 fully saturated rings. The fourth-order valence-corrected chi connectivity index (χ4v) is 2.75. The van der Waals surface area contributed by atoms with Crippen molar-refractivity contribution in [3.8, 4) is 0 Å². The maximum absolute atomic E-state index is 12.5. The van der Waals surface area contributed by atoms with Crippen molar-refractivity contribution >= 4 is 23.3 Å². The summed E-state index contributed by atoms with van der Waals surface area (Å²) in [6.07, 6.45) is -0.0339. The maximum atomic E-state index is 12.5. The van der Waals surface area contributed by atoms with Gasteiger partial charge in [-0.15, -0.1) is 0 Å². The maximum Gasteiger partial charge on any atom is 0.334 e. The molecule has 33 heavy (non-hydrogen) atoms. The van der Waals surface area contributed by atoms with Gasteiger partial charge in [-0.2, -0.15) is 0 Å². The van der Waals surface area contributed by atoms with E-state index in [1.54, 1.807) is 12.1 Å². The van der Waals surface area contributed by atoms with Crippen LogP contribution in [0.4, 0.5) is 0 Å². The third-order valence-corrected chi connectivity index (χ3v) is 4.32. The van der Waals surface area contributed by atoms with Crippen molar-refractivity contribution in [2.24, 2.45) is 5.73 Å². The number of fused-ring (bicyclic) bond motifs is 2. The Labute approximate surface area is 188 Å². The van der Waals surface area contributed by atoms with Crippen LogP contribution < -0.4 is 5.73 Å². The molecular formula is C22H25NO10. The van der Waals surface area contributed by atoms with Gasteiger partial charge >= 0.3 is 5.97 Å². The Balaban J connectivity index is 0.000000890. The average molecular weight is 463 g/mol. The molecular weight excluding hydrogens is 438 g/mol. The molecule has 1 aromatic carbocycles. The van der Waals surface area contributed by atoms with Crippen molar-refractivity contribution in [2.45, 2.75) is 6.10 Å². The van der Waals surface area contributed by atoms with Gasteiger partial charge < -0.3 is 40.1 Å². The fraction of sp³-hybridized carbons (Fsp3) is 0.318. The summed E-state index contributed by atoms with van der Waals surface area (Å²) >= 11 is 0. The lowest BCUT2D eigenvalue weighted by Crippen LogP contribution is -2.24. The van der Waals surface area contributed by atoms with Crippen LogP contribution in [-0.2, 0) is 14.3 Å². The van der Waals surface area contributed by atoms with Crippen molar-refractivity contribution in [3.63, 3.8) is 0 Å². The van der Waals surface area contributed by atoms with Gasteiger partial charge in [0.05, 0.1) is 38.1 Å². The Bertz CT molecular complexity index is 952. The van der Waals surface area contributed by atoms with Crippen LogP contribution in [0.25, 0.3) is 5.76 Å². The minimum absolute atomic E-state index is 0.00414. The number of carbonyl (C=O) groups excluding carboxylic acids is 3. The first-order chi connectivity index (χ1) is 15.9. The normalized spacial score (nSPS) is 12.7. The molecule has 0 radical (unpaired) electrons. The third kappa shape index (κ3) is 6.57. The second kappa shape index (κ2) is 12.6. The highest BCUT2D eigenvalue weighted by atomic mass is 16.6. The first-order valence-electron chi connectivity index (χ1n) is 9.92. The Hall–Kier alpha value is -3.35. The average Bonchev–Trinajstić information content (AvgIpc) is 3.29. The second-order valence-electron chi connectivity index (χ2n) is 6.62. The predicted molar refractivity (Wildman–Crippen MR) is 114 cm³/mol. The summed E-state index contributed by atoms with van der Waals surface area (Å²) in [6, 6.07) is 7.49. The molecule has 6 N–H and O–H groups in total. The van der Waals surface area contributed by atoms with Gasteiger partial charge in [0.25, 0.3) is 0 Å². The largest absolute Gasteiger partial charge is 0.504 e. The lowest BCUT2D eigenvalue weighted by atomic mass is 9.88. The Kier molecular flexibility index (Phi) is 9.91. The molecule has 3 rings (SSSR count).